The predicted molar refractivity (Wildman–Crippen MR) is 83.4 cm³/mol. The molecule has 0 aromatic heterocycles. The summed E-state index contributed by atoms with van der Waals surface area (Å²) >= 11 is 0. The van der Waals surface area contributed by atoms with Crippen molar-refractivity contribution in [3.8, 4) is 0 Å². The lowest BCUT2D eigenvalue weighted by molar-refractivity contribution is 0.160. The fourth-order valence-corrected chi connectivity index (χ4v) is 3.64. The minimum Gasteiger partial charge on any atom is -0.369 e. The first-order valence-electron chi connectivity index (χ1n) is 7.80. The van der Waals surface area contributed by atoms with Gasteiger partial charge in [-0.1, -0.05) is 31.9 Å². The number of nitrogens with zero attached hydrogens (tertiary/aromatic N) is 1. The fourth-order valence-electron chi connectivity index (χ4n) is 3.64. The van der Waals surface area contributed by atoms with Crippen molar-refractivity contribution in [3.05, 3.63) is 30.1 Å². The van der Waals surface area contributed by atoms with E-state index in [0.29, 0.717) is 12.2 Å². The van der Waals surface area contributed by atoms with Gasteiger partial charge in [0.2, 0.25) is 0 Å². The van der Waals surface area contributed by atoms with Gasteiger partial charge < -0.3 is 10.6 Å². The molecule has 1 aromatic carbocycles. The number of para-hydroxylation sites is 1. The molecule has 1 aliphatic carbocycles. The van der Waals surface area contributed by atoms with E-state index in [1.54, 1.807) is 6.07 Å². The van der Waals surface area contributed by atoms with Crippen LogP contribution in [0, 0.1) is 17.2 Å². The van der Waals surface area contributed by atoms with Crippen LogP contribution in [0.2, 0.25) is 0 Å². The fraction of sp³-hybridized carbons (Fsp3) is 0.647. The predicted octanol–water partition coefficient (Wildman–Crippen LogP) is 3.81. The third-order valence-electron chi connectivity index (χ3n) is 4.72. The van der Waals surface area contributed by atoms with E-state index >= 15 is 0 Å². The molecule has 2 N–H and O–H groups in total. The molecule has 0 amide bonds. The zero-order chi connectivity index (χ0) is 14.6. The number of rotatable bonds is 5. The van der Waals surface area contributed by atoms with Gasteiger partial charge in [0.25, 0.3) is 0 Å². The smallest absolute Gasteiger partial charge is 0.146 e. The number of nitrogens with two attached hydrogens (primary N) is 1. The normalized spacial score (nSPS) is 26.5. The highest BCUT2D eigenvalue weighted by molar-refractivity contribution is 5.47. The Labute approximate surface area is 122 Å². The molecule has 2 unspecified atom stereocenters. The summed E-state index contributed by atoms with van der Waals surface area (Å²) in [6.07, 6.45) is 4.87. The second-order valence-electron chi connectivity index (χ2n) is 6.37. The lowest BCUT2D eigenvalue weighted by Crippen LogP contribution is -2.45. The minimum absolute atomic E-state index is 0.134. The van der Waals surface area contributed by atoms with Crippen molar-refractivity contribution < 1.29 is 4.39 Å². The molecule has 1 aliphatic rings. The van der Waals surface area contributed by atoms with Crippen LogP contribution in [0.4, 0.5) is 10.1 Å². The monoisotopic (exact) mass is 278 g/mol. The van der Waals surface area contributed by atoms with Crippen molar-refractivity contribution in [1.82, 2.24) is 0 Å². The molecule has 112 valence electrons. The third kappa shape index (κ3) is 3.32. The van der Waals surface area contributed by atoms with E-state index in [2.05, 4.69) is 18.7 Å². The Morgan fingerprint density at radius 3 is 2.75 bits per heavy atom. The number of hydrogen-bond acceptors (Lipinski definition) is 2. The summed E-state index contributed by atoms with van der Waals surface area (Å²) in [6.45, 7) is 6.77. The van der Waals surface area contributed by atoms with Gasteiger partial charge in [-0.3, -0.25) is 0 Å². The topological polar surface area (TPSA) is 29.3 Å². The summed E-state index contributed by atoms with van der Waals surface area (Å²) in [4.78, 5) is 2.15. The van der Waals surface area contributed by atoms with Crippen LogP contribution in [0.3, 0.4) is 0 Å². The van der Waals surface area contributed by atoms with Crippen molar-refractivity contribution >= 4 is 5.69 Å². The Kier molecular flexibility index (Phi) is 5.03. The molecule has 1 saturated carbocycles. The van der Waals surface area contributed by atoms with E-state index < -0.39 is 0 Å². The molecule has 20 heavy (non-hydrogen) atoms. The third-order valence-corrected chi connectivity index (χ3v) is 4.72. The molecule has 0 heterocycles. The molecule has 0 spiro atoms. The molecule has 0 aliphatic heterocycles. The molecule has 1 aromatic rings. The Hall–Kier alpha value is -1.09. The standard InChI is InChI=1S/C17H27FN2/c1-3-20(16-9-5-4-8-15(16)18)13-17(12-19)10-6-7-14(2)11-17/h4-5,8-9,14H,3,6-7,10-13,19H2,1-2H3. The number of hydrogen-bond donors (Lipinski definition) is 1. The molecular weight excluding hydrogens is 251 g/mol. The number of halogens is 1. The molecule has 0 radical (unpaired) electrons. The maximum Gasteiger partial charge on any atom is 0.146 e. The summed E-state index contributed by atoms with van der Waals surface area (Å²) in [5, 5.41) is 0. The first-order chi connectivity index (χ1) is 9.60. The summed E-state index contributed by atoms with van der Waals surface area (Å²) in [5.74, 6) is 0.594. The molecule has 1 fully saturated rings. The molecule has 0 saturated heterocycles. The molecule has 0 bridgehead atoms. The zero-order valence-corrected chi connectivity index (χ0v) is 12.7. The Bertz CT molecular complexity index is 435. The van der Waals surface area contributed by atoms with Gasteiger partial charge >= 0.3 is 0 Å². The van der Waals surface area contributed by atoms with Gasteiger partial charge in [-0.15, -0.1) is 0 Å². The van der Waals surface area contributed by atoms with Crippen molar-refractivity contribution in [2.24, 2.45) is 17.1 Å². The van der Waals surface area contributed by atoms with Crippen LogP contribution in [0.5, 0.6) is 0 Å². The lowest BCUT2D eigenvalue weighted by atomic mass is 9.69. The highest BCUT2D eigenvalue weighted by atomic mass is 19.1. The van der Waals surface area contributed by atoms with Crippen LogP contribution in [0.1, 0.15) is 39.5 Å². The highest BCUT2D eigenvalue weighted by Crippen LogP contribution is 2.40. The van der Waals surface area contributed by atoms with E-state index in [-0.39, 0.29) is 11.2 Å². The van der Waals surface area contributed by atoms with Crippen molar-refractivity contribution in [3.63, 3.8) is 0 Å². The van der Waals surface area contributed by atoms with E-state index in [0.717, 1.165) is 25.4 Å². The number of benzene rings is 1. The first-order valence-corrected chi connectivity index (χ1v) is 7.80. The van der Waals surface area contributed by atoms with Gasteiger partial charge in [-0.05, 0) is 44.4 Å². The van der Waals surface area contributed by atoms with Crippen LogP contribution in [0.15, 0.2) is 24.3 Å². The summed E-state index contributed by atoms with van der Waals surface area (Å²) < 4.78 is 14.0. The average Bonchev–Trinajstić information content (AvgIpc) is 2.46. The SMILES string of the molecule is CCN(CC1(CN)CCCC(C)C1)c1ccccc1F. The van der Waals surface area contributed by atoms with Crippen LogP contribution < -0.4 is 10.6 Å². The first kappa shape index (κ1) is 15.3. The molecule has 2 nitrogen and oxygen atoms in total. The van der Waals surface area contributed by atoms with Crippen molar-refractivity contribution in [1.29, 1.82) is 0 Å². The van der Waals surface area contributed by atoms with Crippen molar-refractivity contribution in [2.75, 3.05) is 24.5 Å². The van der Waals surface area contributed by atoms with Crippen LogP contribution in [-0.2, 0) is 0 Å². The quantitative estimate of drug-likeness (QED) is 0.887. The van der Waals surface area contributed by atoms with Crippen LogP contribution in [0.25, 0.3) is 0 Å². The Balaban J connectivity index is 2.18. The molecular formula is C17H27FN2. The van der Waals surface area contributed by atoms with Gasteiger partial charge in [0.15, 0.2) is 0 Å². The lowest BCUT2D eigenvalue weighted by Gasteiger charge is -2.43. The Morgan fingerprint density at radius 1 is 1.40 bits per heavy atom. The van der Waals surface area contributed by atoms with E-state index in [4.69, 9.17) is 5.73 Å². The highest BCUT2D eigenvalue weighted by Gasteiger charge is 2.35. The summed E-state index contributed by atoms with van der Waals surface area (Å²) in [5.41, 5.74) is 6.96. The molecule has 2 rings (SSSR count). The van der Waals surface area contributed by atoms with Gasteiger partial charge in [0, 0.05) is 18.5 Å². The Morgan fingerprint density at radius 2 is 2.15 bits per heavy atom. The van der Waals surface area contributed by atoms with E-state index in [9.17, 15) is 4.39 Å². The average molecular weight is 278 g/mol. The second-order valence-corrected chi connectivity index (χ2v) is 6.37. The number of anilines is 1. The van der Waals surface area contributed by atoms with E-state index in [1.807, 2.05) is 12.1 Å². The second kappa shape index (κ2) is 6.57. The summed E-state index contributed by atoms with van der Waals surface area (Å²) in [6, 6.07) is 7.06. The van der Waals surface area contributed by atoms with Gasteiger partial charge in [0.1, 0.15) is 5.82 Å². The van der Waals surface area contributed by atoms with Crippen molar-refractivity contribution in [2.45, 2.75) is 39.5 Å². The van der Waals surface area contributed by atoms with Crippen LogP contribution >= 0.6 is 0 Å². The van der Waals surface area contributed by atoms with Gasteiger partial charge in [0.05, 0.1) is 5.69 Å². The van der Waals surface area contributed by atoms with Gasteiger partial charge in [-0.25, -0.2) is 4.39 Å². The van der Waals surface area contributed by atoms with Crippen LogP contribution in [-0.4, -0.2) is 19.6 Å². The maximum atomic E-state index is 14.0. The molecule has 2 atom stereocenters. The van der Waals surface area contributed by atoms with E-state index in [1.165, 1.54) is 25.3 Å². The largest absolute Gasteiger partial charge is 0.369 e. The molecule has 3 heteroatoms. The summed E-state index contributed by atoms with van der Waals surface area (Å²) in [7, 11) is 0. The maximum absolute atomic E-state index is 14.0. The zero-order valence-electron chi connectivity index (χ0n) is 12.7. The van der Waals surface area contributed by atoms with Gasteiger partial charge in [-0.2, -0.15) is 0 Å². The minimum atomic E-state index is -0.134.